The van der Waals surface area contributed by atoms with Crippen LogP contribution < -0.4 is 5.32 Å². The van der Waals surface area contributed by atoms with E-state index in [-0.39, 0.29) is 5.91 Å². The van der Waals surface area contributed by atoms with Crippen molar-refractivity contribution >= 4 is 39.0 Å². The zero-order chi connectivity index (χ0) is 12.8. The maximum atomic E-state index is 11.7. The van der Waals surface area contributed by atoms with Gasteiger partial charge in [0.05, 0.1) is 0 Å². The number of pyridine rings is 1. The molecule has 2 rings (SSSR count). The summed E-state index contributed by atoms with van der Waals surface area (Å²) in [7, 11) is 0. The van der Waals surface area contributed by atoms with Crippen molar-refractivity contribution in [1.82, 2.24) is 4.98 Å². The lowest BCUT2D eigenvalue weighted by Crippen LogP contribution is -2.12. The molecule has 94 valence electrons. The van der Waals surface area contributed by atoms with Crippen LogP contribution in [0, 0.1) is 0 Å². The van der Waals surface area contributed by atoms with Crippen LogP contribution in [-0.4, -0.2) is 10.9 Å². The standard InChI is InChI=1S/C13H13BrN2OS/c14-11-6-2-7-12(15-11)16-13(17)8-1-4-10-5-3-9-18-10/h2-3,5-7,9H,1,4,8H2,(H,15,16,17). The van der Waals surface area contributed by atoms with E-state index in [0.29, 0.717) is 12.2 Å². The van der Waals surface area contributed by atoms with Gasteiger partial charge in [0.1, 0.15) is 10.4 Å². The Hall–Kier alpha value is -1.20. The van der Waals surface area contributed by atoms with E-state index >= 15 is 0 Å². The molecule has 18 heavy (non-hydrogen) atoms. The largest absolute Gasteiger partial charge is 0.311 e. The molecule has 0 saturated heterocycles. The van der Waals surface area contributed by atoms with Crippen LogP contribution in [0.5, 0.6) is 0 Å². The summed E-state index contributed by atoms with van der Waals surface area (Å²) in [6, 6.07) is 9.58. The monoisotopic (exact) mass is 324 g/mol. The summed E-state index contributed by atoms with van der Waals surface area (Å²) in [5, 5.41) is 4.84. The van der Waals surface area contributed by atoms with Gasteiger partial charge in [0.15, 0.2) is 0 Å². The Bertz CT molecular complexity index is 513. The highest BCUT2D eigenvalue weighted by Gasteiger charge is 2.04. The third-order valence-electron chi connectivity index (χ3n) is 2.39. The molecule has 0 saturated carbocycles. The van der Waals surface area contributed by atoms with Gasteiger partial charge >= 0.3 is 0 Å². The number of amides is 1. The van der Waals surface area contributed by atoms with Crippen molar-refractivity contribution < 1.29 is 4.79 Å². The first-order chi connectivity index (χ1) is 8.74. The molecule has 0 aliphatic heterocycles. The Morgan fingerprint density at radius 2 is 2.22 bits per heavy atom. The molecule has 0 aliphatic rings. The van der Waals surface area contributed by atoms with E-state index in [1.807, 2.05) is 18.2 Å². The molecule has 0 bridgehead atoms. The minimum absolute atomic E-state index is 0.0113. The number of hydrogen-bond acceptors (Lipinski definition) is 3. The zero-order valence-corrected chi connectivity index (χ0v) is 12.1. The zero-order valence-electron chi connectivity index (χ0n) is 9.73. The predicted molar refractivity (Wildman–Crippen MR) is 77.8 cm³/mol. The molecule has 5 heteroatoms. The molecule has 2 aromatic heterocycles. The highest BCUT2D eigenvalue weighted by atomic mass is 79.9. The first-order valence-electron chi connectivity index (χ1n) is 5.69. The van der Waals surface area contributed by atoms with E-state index in [1.54, 1.807) is 17.4 Å². The van der Waals surface area contributed by atoms with Gasteiger partial charge in [-0.25, -0.2) is 4.98 Å². The Morgan fingerprint density at radius 1 is 1.33 bits per heavy atom. The highest BCUT2D eigenvalue weighted by Crippen LogP contribution is 2.13. The normalized spacial score (nSPS) is 10.3. The summed E-state index contributed by atoms with van der Waals surface area (Å²) in [6.07, 6.45) is 2.34. The number of anilines is 1. The summed E-state index contributed by atoms with van der Waals surface area (Å²) >= 11 is 5.00. The van der Waals surface area contributed by atoms with Crippen molar-refractivity contribution in [2.45, 2.75) is 19.3 Å². The van der Waals surface area contributed by atoms with Crippen LogP contribution in [0.1, 0.15) is 17.7 Å². The average Bonchev–Trinajstić information content (AvgIpc) is 2.82. The molecule has 0 unspecified atom stereocenters. The van der Waals surface area contributed by atoms with Crippen molar-refractivity contribution in [3.8, 4) is 0 Å². The van der Waals surface area contributed by atoms with Crippen molar-refractivity contribution in [2.75, 3.05) is 5.32 Å². The van der Waals surface area contributed by atoms with E-state index in [4.69, 9.17) is 0 Å². The lowest BCUT2D eigenvalue weighted by atomic mass is 10.2. The van der Waals surface area contributed by atoms with Crippen LogP contribution in [0.4, 0.5) is 5.82 Å². The van der Waals surface area contributed by atoms with Gasteiger partial charge in [-0.15, -0.1) is 11.3 Å². The van der Waals surface area contributed by atoms with Crippen LogP contribution in [0.3, 0.4) is 0 Å². The summed E-state index contributed by atoms with van der Waals surface area (Å²) in [4.78, 5) is 17.2. The Labute approximate surface area is 118 Å². The number of carbonyl (C=O) groups is 1. The number of nitrogens with one attached hydrogen (secondary N) is 1. The second-order valence-electron chi connectivity index (χ2n) is 3.83. The van der Waals surface area contributed by atoms with Gasteiger partial charge in [-0.2, -0.15) is 0 Å². The van der Waals surface area contributed by atoms with Crippen LogP contribution >= 0.6 is 27.3 Å². The molecule has 2 aromatic rings. The quantitative estimate of drug-likeness (QED) is 0.848. The first kappa shape index (κ1) is 13.2. The Morgan fingerprint density at radius 3 is 2.94 bits per heavy atom. The summed E-state index contributed by atoms with van der Waals surface area (Å²) in [5.74, 6) is 0.600. The highest BCUT2D eigenvalue weighted by molar-refractivity contribution is 9.10. The number of aryl methyl sites for hydroxylation is 1. The summed E-state index contributed by atoms with van der Waals surface area (Å²) in [6.45, 7) is 0. The van der Waals surface area contributed by atoms with Gasteiger partial charge in [-0.3, -0.25) is 4.79 Å². The van der Waals surface area contributed by atoms with Crippen LogP contribution in [0.2, 0.25) is 0 Å². The molecule has 0 spiro atoms. The maximum Gasteiger partial charge on any atom is 0.225 e. The lowest BCUT2D eigenvalue weighted by Gasteiger charge is -2.04. The minimum Gasteiger partial charge on any atom is -0.311 e. The van der Waals surface area contributed by atoms with Crippen molar-refractivity contribution in [2.24, 2.45) is 0 Å². The molecule has 0 radical (unpaired) electrons. The number of hydrogen-bond donors (Lipinski definition) is 1. The number of aromatic nitrogens is 1. The molecule has 1 N–H and O–H groups in total. The van der Waals surface area contributed by atoms with Gasteiger partial charge in [-0.05, 0) is 52.4 Å². The van der Waals surface area contributed by atoms with Gasteiger partial charge < -0.3 is 5.32 Å². The molecule has 0 aromatic carbocycles. The maximum absolute atomic E-state index is 11.7. The third-order valence-corrected chi connectivity index (χ3v) is 3.77. The second kappa shape index (κ2) is 6.66. The lowest BCUT2D eigenvalue weighted by molar-refractivity contribution is -0.116. The minimum atomic E-state index is 0.0113. The second-order valence-corrected chi connectivity index (χ2v) is 5.67. The number of carbonyl (C=O) groups excluding carboxylic acids is 1. The average molecular weight is 325 g/mol. The molecule has 0 atom stereocenters. The van der Waals surface area contributed by atoms with Gasteiger partial charge in [0, 0.05) is 11.3 Å². The van der Waals surface area contributed by atoms with E-state index in [9.17, 15) is 4.79 Å². The van der Waals surface area contributed by atoms with Gasteiger partial charge in [-0.1, -0.05) is 12.1 Å². The van der Waals surface area contributed by atoms with Crippen LogP contribution in [-0.2, 0) is 11.2 Å². The van der Waals surface area contributed by atoms with Gasteiger partial charge in [0.2, 0.25) is 5.91 Å². The smallest absolute Gasteiger partial charge is 0.225 e. The fourth-order valence-electron chi connectivity index (χ4n) is 1.56. The van der Waals surface area contributed by atoms with E-state index < -0.39 is 0 Å². The SMILES string of the molecule is O=C(CCCc1cccs1)Nc1cccc(Br)n1. The summed E-state index contributed by atoms with van der Waals surface area (Å²) in [5.41, 5.74) is 0. The third kappa shape index (κ3) is 4.23. The van der Waals surface area contributed by atoms with Crippen LogP contribution in [0.15, 0.2) is 40.3 Å². The molecule has 3 nitrogen and oxygen atoms in total. The molecule has 1 amide bonds. The van der Waals surface area contributed by atoms with Gasteiger partial charge in [0.25, 0.3) is 0 Å². The fraction of sp³-hybridized carbons (Fsp3) is 0.231. The number of halogens is 1. The van der Waals surface area contributed by atoms with Crippen molar-refractivity contribution in [3.05, 3.63) is 45.2 Å². The number of rotatable bonds is 5. The van der Waals surface area contributed by atoms with Crippen molar-refractivity contribution in [3.63, 3.8) is 0 Å². The number of thiophene rings is 1. The predicted octanol–water partition coefficient (Wildman–Crippen LogP) is 3.87. The molecule has 0 fully saturated rings. The topological polar surface area (TPSA) is 42.0 Å². The Balaban J connectivity index is 1.75. The molecule has 2 heterocycles. The molecule has 0 aliphatic carbocycles. The van der Waals surface area contributed by atoms with E-state index in [2.05, 4.69) is 37.7 Å². The first-order valence-corrected chi connectivity index (χ1v) is 7.36. The van der Waals surface area contributed by atoms with Crippen LogP contribution in [0.25, 0.3) is 0 Å². The summed E-state index contributed by atoms with van der Waals surface area (Å²) < 4.78 is 0.721. The van der Waals surface area contributed by atoms with E-state index in [1.165, 1.54) is 4.88 Å². The van der Waals surface area contributed by atoms with E-state index in [0.717, 1.165) is 17.4 Å². The fourth-order valence-corrected chi connectivity index (χ4v) is 2.66. The molecular formula is C13H13BrN2OS. The molecular weight excluding hydrogens is 312 g/mol. The van der Waals surface area contributed by atoms with Crippen molar-refractivity contribution in [1.29, 1.82) is 0 Å². The Kier molecular flexibility index (Phi) is 4.90. The number of nitrogens with zero attached hydrogens (tertiary/aromatic N) is 1.